The van der Waals surface area contributed by atoms with Crippen LogP contribution in [0.1, 0.15) is 29.7 Å². The molecule has 3 heterocycles. The van der Waals surface area contributed by atoms with Crippen molar-refractivity contribution in [2.45, 2.75) is 25.2 Å². The number of aromatic nitrogens is 3. The Labute approximate surface area is 181 Å². The number of alkyl halides is 3. The second kappa shape index (κ2) is 8.39. The number of anilines is 1. The number of halogens is 4. The number of benzene rings is 1. The van der Waals surface area contributed by atoms with Crippen LogP contribution in [-0.4, -0.2) is 45.8 Å². The quantitative estimate of drug-likeness (QED) is 0.578. The molecule has 0 spiro atoms. The molecule has 1 fully saturated rings. The van der Waals surface area contributed by atoms with Gasteiger partial charge in [0.15, 0.2) is 0 Å². The highest BCUT2D eigenvalue weighted by molar-refractivity contribution is 9.10. The molecule has 2 unspecified atom stereocenters. The first-order valence-corrected chi connectivity index (χ1v) is 10.4. The molecule has 0 radical (unpaired) electrons. The van der Waals surface area contributed by atoms with E-state index in [1.807, 2.05) is 30.6 Å². The van der Waals surface area contributed by atoms with E-state index in [9.17, 15) is 13.2 Å². The second-order valence-electron chi connectivity index (χ2n) is 7.40. The Kier molecular flexibility index (Phi) is 5.84. The average Bonchev–Trinajstić information content (AvgIpc) is 3.24. The summed E-state index contributed by atoms with van der Waals surface area (Å²) in [5.41, 5.74) is 1.48. The van der Waals surface area contributed by atoms with E-state index < -0.39 is 11.7 Å². The second-order valence-corrected chi connectivity index (χ2v) is 8.25. The van der Waals surface area contributed by atoms with Gasteiger partial charge in [0.05, 0.1) is 17.8 Å². The first-order chi connectivity index (χ1) is 14.3. The molecule has 2 aromatic heterocycles. The number of hydrogen-bond acceptors (Lipinski definition) is 4. The molecule has 5 nitrogen and oxygen atoms in total. The van der Waals surface area contributed by atoms with Crippen LogP contribution in [0.5, 0.6) is 0 Å². The molecule has 1 aliphatic rings. The lowest BCUT2D eigenvalue weighted by Gasteiger charge is -2.44. The molecule has 158 valence electrons. The van der Waals surface area contributed by atoms with Crippen LogP contribution in [0.3, 0.4) is 0 Å². The average molecular weight is 480 g/mol. The predicted molar refractivity (Wildman–Crippen MR) is 112 cm³/mol. The van der Waals surface area contributed by atoms with Gasteiger partial charge in [-0.2, -0.15) is 18.3 Å². The fourth-order valence-electron chi connectivity index (χ4n) is 3.98. The Hall–Kier alpha value is -2.39. The molecule has 3 aromatic rings. The molecular weight excluding hydrogens is 459 g/mol. The Balaban J connectivity index is 1.56. The zero-order chi connectivity index (χ0) is 21.3. The maximum absolute atomic E-state index is 12.8. The smallest absolute Gasteiger partial charge is 0.351 e. The topological polar surface area (TPSA) is 48.1 Å². The molecule has 1 aromatic carbocycles. The fourth-order valence-corrected chi connectivity index (χ4v) is 4.48. The van der Waals surface area contributed by atoms with Crippen LogP contribution in [0.15, 0.2) is 59.5 Å². The third-order valence-corrected chi connectivity index (χ3v) is 6.15. The lowest BCUT2D eigenvalue weighted by molar-refractivity contribution is -0.137. The minimum absolute atomic E-state index is 0.0180. The van der Waals surface area contributed by atoms with E-state index in [4.69, 9.17) is 0 Å². The van der Waals surface area contributed by atoms with Gasteiger partial charge in [0, 0.05) is 48.1 Å². The van der Waals surface area contributed by atoms with E-state index >= 15 is 0 Å². The van der Waals surface area contributed by atoms with Gasteiger partial charge in [-0.25, -0.2) is 4.98 Å². The van der Waals surface area contributed by atoms with Gasteiger partial charge < -0.3 is 4.90 Å². The summed E-state index contributed by atoms with van der Waals surface area (Å²) in [4.78, 5) is 8.51. The van der Waals surface area contributed by atoms with Crippen LogP contribution >= 0.6 is 15.9 Å². The lowest BCUT2D eigenvalue weighted by Crippen LogP contribution is -2.53. The number of piperazine rings is 1. The van der Waals surface area contributed by atoms with Crippen LogP contribution in [0, 0.1) is 0 Å². The number of H-pyrrole nitrogens is 1. The van der Waals surface area contributed by atoms with Crippen LogP contribution in [0.4, 0.5) is 19.0 Å². The molecule has 0 bridgehead atoms. The van der Waals surface area contributed by atoms with Crippen LogP contribution < -0.4 is 4.90 Å². The zero-order valence-corrected chi connectivity index (χ0v) is 17.9. The van der Waals surface area contributed by atoms with Gasteiger partial charge in [-0.1, -0.05) is 34.1 Å². The summed E-state index contributed by atoms with van der Waals surface area (Å²) < 4.78 is 39.5. The number of pyridine rings is 1. The Morgan fingerprint density at radius 3 is 2.53 bits per heavy atom. The molecule has 1 N–H and O–H groups in total. The number of nitrogens with zero attached hydrogens (tertiary/aromatic N) is 4. The van der Waals surface area contributed by atoms with Crippen LogP contribution in [0.25, 0.3) is 0 Å². The van der Waals surface area contributed by atoms with Crippen molar-refractivity contribution in [3.63, 3.8) is 0 Å². The predicted octanol–water partition coefficient (Wildman–Crippen LogP) is 4.89. The normalized spacial score (nSPS) is 19.1. The number of hydrogen-bond donors (Lipinski definition) is 1. The Morgan fingerprint density at radius 2 is 1.93 bits per heavy atom. The maximum Gasteiger partial charge on any atom is 0.417 e. The van der Waals surface area contributed by atoms with Crippen molar-refractivity contribution in [2.24, 2.45) is 0 Å². The molecule has 0 saturated carbocycles. The van der Waals surface area contributed by atoms with Gasteiger partial charge in [0.1, 0.15) is 5.82 Å². The van der Waals surface area contributed by atoms with Gasteiger partial charge in [0.25, 0.3) is 0 Å². The minimum Gasteiger partial charge on any atom is -0.351 e. The minimum atomic E-state index is -4.38. The summed E-state index contributed by atoms with van der Waals surface area (Å²) >= 11 is 3.67. The molecule has 2 atom stereocenters. The molecule has 1 aliphatic heterocycles. The standard InChI is InChI=1S/C21H21BrF3N5/c1-14-13-29(8-9-30(14)19-7-6-16(12-26-19)21(23,24)25)20(15-10-27-28-11-15)17-4-2-3-5-18(17)22/h2-7,10-12,14,20H,8-9,13H2,1H3,(H,27,28). The van der Waals surface area contributed by atoms with Crippen molar-refractivity contribution in [3.8, 4) is 0 Å². The van der Waals surface area contributed by atoms with E-state index in [1.54, 1.807) is 0 Å². The highest BCUT2D eigenvalue weighted by atomic mass is 79.9. The Bertz CT molecular complexity index is 975. The van der Waals surface area contributed by atoms with Crippen LogP contribution in [-0.2, 0) is 6.18 Å². The highest BCUT2D eigenvalue weighted by Gasteiger charge is 2.34. The zero-order valence-electron chi connectivity index (χ0n) is 16.3. The van der Waals surface area contributed by atoms with Gasteiger partial charge >= 0.3 is 6.18 Å². The van der Waals surface area contributed by atoms with E-state index in [0.29, 0.717) is 12.4 Å². The summed E-state index contributed by atoms with van der Waals surface area (Å²) in [6, 6.07) is 10.8. The molecule has 4 rings (SSSR count). The monoisotopic (exact) mass is 479 g/mol. The van der Waals surface area contributed by atoms with Crippen molar-refractivity contribution in [1.82, 2.24) is 20.1 Å². The summed E-state index contributed by atoms with van der Waals surface area (Å²) in [6.45, 7) is 4.21. The number of rotatable bonds is 4. The molecule has 0 aliphatic carbocycles. The summed E-state index contributed by atoms with van der Waals surface area (Å²) in [6.07, 6.45) is 0.262. The van der Waals surface area contributed by atoms with Gasteiger partial charge in [-0.05, 0) is 30.7 Å². The van der Waals surface area contributed by atoms with Crippen molar-refractivity contribution in [3.05, 3.63) is 76.2 Å². The van der Waals surface area contributed by atoms with E-state index in [0.717, 1.165) is 41.0 Å². The maximum atomic E-state index is 12.8. The van der Waals surface area contributed by atoms with Gasteiger partial charge in [-0.15, -0.1) is 0 Å². The summed E-state index contributed by atoms with van der Waals surface area (Å²) in [7, 11) is 0. The number of nitrogens with one attached hydrogen (secondary N) is 1. The van der Waals surface area contributed by atoms with Crippen LogP contribution in [0.2, 0.25) is 0 Å². The van der Waals surface area contributed by atoms with Crippen molar-refractivity contribution >= 4 is 21.7 Å². The third kappa shape index (κ3) is 4.22. The van der Waals surface area contributed by atoms with E-state index in [-0.39, 0.29) is 12.1 Å². The SMILES string of the molecule is CC1CN(C(c2cn[nH]c2)c2ccccc2Br)CCN1c1ccc(C(F)(F)F)cn1. The molecular formula is C21H21BrF3N5. The highest BCUT2D eigenvalue weighted by Crippen LogP contribution is 2.35. The van der Waals surface area contributed by atoms with E-state index in [2.05, 4.69) is 53.9 Å². The van der Waals surface area contributed by atoms with E-state index in [1.165, 1.54) is 6.07 Å². The van der Waals surface area contributed by atoms with Crippen molar-refractivity contribution < 1.29 is 13.2 Å². The van der Waals surface area contributed by atoms with Gasteiger partial charge in [0.2, 0.25) is 0 Å². The first-order valence-electron chi connectivity index (χ1n) is 9.61. The third-order valence-electron chi connectivity index (χ3n) is 5.43. The van der Waals surface area contributed by atoms with Crippen molar-refractivity contribution in [1.29, 1.82) is 0 Å². The summed E-state index contributed by atoms with van der Waals surface area (Å²) in [5, 5.41) is 7.02. The van der Waals surface area contributed by atoms with Gasteiger partial charge in [-0.3, -0.25) is 10.00 Å². The fraction of sp³-hybridized carbons (Fsp3) is 0.333. The largest absolute Gasteiger partial charge is 0.417 e. The first kappa shape index (κ1) is 20.9. The number of aromatic amines is 1. The molecule has 30 heavy (non-hydrogen) atoms. The Morgan fingerprint density at radius 1 is 1.13 bits per heavy atom. The molecule has 9 heteroatoms. The summed E-state index contributed by atoms with van der Waals surface area (Å²) in [5.74, 6) is 0.566. The van der Waals surface area contributed by atoms with Crippen molar-refractivity contribution in [2.75, 3.05) is 24.5 Å². The lowest BCUT2D eigenvalue weighted by atomic mass is 9.98. The molecule has 1 saturated heterocycles. The molecule has 0 amide bonds.